The van der Waals surface area contributed by atoms with E-state index < -0.39 is 11.6 Å². The van der Waals surface area contributed by atoms with Crippen molar-refractivity contribution in [2.75, 3.05) is 18.4 Å². The number of piperidine rings is 1. The molecule has 7 heteroatoms. The van der Waals surface area contributed by atoms with E-state index in [9.17, 15) is 13.6 Å². The molecule has 23 heavy (non-hydrogen) atoms. The SMILES string of the molecule is O=C(Nc1ncc(Cc2ccc(F)c(F)c2)s1)C1CCCNC1. The smallest absolute Gasteiger partial charge is 0.230 e. The summed E-state index contributed by atoms with van der Waals surface area (Å²) in [4.78, 5) is 17.2. The van der Waals surface area contributed by atoms with Gasteiger partial charge in [0.15, 0.2) is 16.8 Å². The van der Waals surface area contributed by atoms with Crippen molar-refractivity contribution in [1.29, 1.82) is 0 Å². The van der Waals surface area contributed by atoms with Crippen LogP contribution in [0.5, 0.6) is 0 Å². The Bertz CT molecular complexity index is 698. The number of aromatic nitrogens is 1. The van der Waals surface area contributed by atoms with E-state index >= 15 is 0 Å². The molecule has 1 fully saturated rings. The molecule has 2 heterocycles. The summed E-state index contributed by atoms with van der Waals surface area (Å²) in [5.74, 6) is -1.76. The Kier molecular flexibility index (Phi) is 4.97. The number of nitrogens with zero attached hydrogens (tertiary/aromatic N) is 1. The van der Waals surface area contributed by atoms with Gasteiger partial charge < -0.3 is 10.6 Å². The van der Waals surface area contributed by atoms with Crippen molar-refractivity contribution in [3.63, 3.8) is 0 Å². The molecule has 0 spiro atoms. The maximum Gasteiger partial charge on any atom is 0.230 e. The number of amides is 1. The van der Waals surface area contributed by atoms with Crippen LogP contribution >= 0.6 is 11.3 Å². The van der Waals surface area contributed by atoms with Gasteiger partial charge in [0.05, 0.1) is 5.92 Å². The minimum Gasteiger partial charge on any atom is -0.316 e. The average Bonchev–Trinajstić information content (AvgIpc) is 2.99. The van der Waals surface area contributed by atoms with E-state index in [0.717, 1.165) is 30.3 Å². The van der Waals surface area contributed by atoms with Gasteiger partial charge in [0.25, 0.3) is 0 Å². The van der Waals surface area contributed by atoms with Crippen molar-refractivity contribution < 1.29 is 13.6 Å². The van der Waals surface area contributed by atoms with E-state index in [0.29, 0.717) is 23.7 Å². The number of rotatable bonds is 4. The first kappa shape index (κ1) is 16.0. The Hall–Kier alpha value is -1.86. The zero-order valence-corrected chi connectivity index (χ0v) is 13.3. The molecule has 1 unspecified atom stereocenters. The van der Waals surface area contributed by atoms with Crippen molar-refractivity contribution in [3.05, 3.63) is 46.5 Å². The van der Waals surface area contributed by atoms with Gasteiger partial charge in [0, 0.05) is 24.0 Å². The Labute approximate surface area is 136 Å². The molecule has 4 nitrogen and oxygen atoms in total. The second-order valence-electron chi connectivity index (χ2n) is 5.59. The first-order valence-corrected chi connectivity index (χ1v) is 8.33. The van der Waals surface area contributed by atoms with Crippen molar-refractivity contribution in [2.24, 2.45) is 5.92 Å². The fraction of sp³-hybridized carbons (Fsp3) is 0.375. The van der Waals surface area contributed by atoms with E-state index in [1.54, 1.807) is 12.3 Å². The molecule has 0 saturated carbocycles. The number of hydrogen-bond donors (Lipinski definition) is 2. The van der Waals surface area contributed by atoms with Gasteiger partial charge in [0.1, 0.15) is 0 Å². The molecular formula is C16H17F2N3OS. The van der Waals surface area contributed by atoms with Crippen LogP contribution < -0.4 is 10.6 Å². The summed E-state index contributed by atoms with van der Waals surface area (Å²) in [7, 11) is 0. The van der Waals surface area contributed by atoms with Crippen molar-refractivity contribution in [1.82, 2.24) is 10.3 Å². The fourth-order valence-corrected chi connectivity index (χ4v) is 3.43. The van der Waals surface area contributed by atoms with E-state index in [2.05, 4.69) is 15.6 Å². The third-order valence-corrected chi connectivity index (χ3v) is 4.73. The third kappa shape index (κ3) is 4.11. The number of anilines is 1. The van der Waals surface area contributed by atoms with E-state index in [1.807, 2.05) is 0 Å². The molecule has 1 atom stereocenters. The van der Waals surface area contributed by atoms with E-state index in [-0.39, 0.29) is 11.8 Å². The topological polar surface area (TPSA) is 54.0 Å². The van der Waals surface area contributed by atoms with Gasteiger partial charge in [-0.2, -0.15) is 0 Å². The summed E-state index contributed by atoms with van der Waals surface area (Å²) in [5, 5.41) is 6.58. The predicted octanol–water partition coefficient (Wildman–Crippen LogP) is 2.95. The highest BCUT2D eigenvalue weighted by Gasteiger charge is 2.21. The number of hydrogen-bond acceptors (Lipinski definition) is 4. The summed E-state index contributed by atoms with van der Waals surface area (Å²) in [6.45, 7) is 1.65. The van der Waals surface area contributed by atoms with Crippen LogP contribution in [0.1, 0.15) is 23.3 Å². The van der Waals surface area contributed by atoms with Gasteiger partial charge in [-0.25, -0.2) is 13.8 Å². The molecule has 1 aromatic carbocycles. The van der Waals surface area contributed by atoms with Crippen LogP contribution in [0.4, 0.5) is 13.9 Å². The Balaban J connectivity index is 1.61. The second kappa shape index (κ2) is 7.14. The molecule has 0 radical (unpaired) electrons. The zero-order chi connectivity index (χ0) is 16.2. The van der Waals surface area contributed by atoms with Gasteiger partial charge in [0.2, 0.25) is 5.91 Å². The van der Waals surface area contributed by atoms with Gasteiger partial charge in [-0.15, -0.1) is 11.3 Å². The Morgan fingerprint density at radius 2 is 2.26 bits per heavy atom. The molecule has 0 aliphatic carbocycles. The first-order valence-electron chi connectivity index (χ1n) is 7.52. The highest BCUT2D eigenvalue weighted by molar-refractivity contribution is 7.15. The maximum atomic E-state index is 13.2. The number of carbonyl (C=O) groups excluding carboxylic acids is 1. The number of thiazole rings is 1. The molecule has 3 rings (SSSR count). The molecule has 1 aliphatic heterocycles. The monoisotopic (exact) mass is 337 g/mol. The third-order valence-electron chi connectivity index (χ3n) is 3.81. The molecule has 0 bridgehead atoms. The summed E-state index contributed by atoms with van der Waals surface area (Å²) in [5.41, 5.74) is 0.668. The van der Waals surface area contributed by atoms with Crippen molar-refractivity contribution in [2.45, 2.75) is 19.3 Å². The largest absolute Gasteiger partial charge is 0.316 e. The minimum atomic E-state index is -0.856. The van der Waals surface area contributed by atoms with Gasteiger partial charge >= 0.3 is 0 Å². The Morgan fingerprint density at radius 1 is 1.39 bits per heavy atom. The van der Waals surface area contributed by atoms with Gasteiger partial charge in [-0.3, -0.25) is 4.79 Å². The molecule has 2 aromatic rings. The lowest BCUT2D eigenvalue weighted by atomic mass is 9.99. The molecule has 1 aromatic heterocycles. The molecule has 2 N–H and O–H groups in total. The lowest BCUT2D eigenvalue weighted by molar-refractivity contribution is -0.120. The van der Waals surface area contributed by atoms with Crippen LogP contribution in [-0.2, 0) is 11.2 Å². The molecule has 1 aliphatic rings. The summed E-state index contributed by atoms with van der Waals surface area (Å²) in [6.07, 6.45) is 3.99. The summed E-state index contributed by atoms with van der Waals surface area (Å²) in [6, 6.07) is 3.84. The quantitative estimate of drug-likeness (QED) is 0.902. The van der Waals surface area contributed by atoms with Crippen molar-refractivity contribution in [3.8, 4) is 0 Å². The molecule has 1 saturated heterocycles. The molecular weight excluding hydrogens is 320 g/mol. The van der Waals surface area contributed by atoms with E-state index in [1.165, 1.54) is 17.4 Å². The summed E-state index contributed by atoms with van der Waals surface area (Å²) < 4.78 is 26.1. The van der Waals surface area contributed by atoms with Crippen molar-refractivity contribution >= 4 is 22.4 Å². The Morgan fingerprint density at radius 3 is 3.00 bits per heavy atom. The number of carbonyl (C=O) groups is 1. The van der Waals surface area contributed by atoms with Crippen LogP contribution in [-0.4, -0.2) is 24.0 Å². The van der Waals surface area contributed by atoms with Crippen LogP contribution in [0.3, 0.4) is 0 Å². The normalized spacial score (nSPS) is 17.9. The standard InChI is InChI=1S/C16H17F2N3OS/c17-13-4-3-10(7-14(13)18)6-12-9-20-16(23-12)21-15(22)11-2-1-5-19-8-11/h3-4,7,9,11,19H,1-2,5-6,8H2,(H,20,21,22). The number of halogens is 2. The molecule has 122 valence electrons. The van der Waals surface area contributed by atoms with Gasteiger partial charge in [-0.05, 0) is 37.1 Å². The number of nitrogens with one attached hydrogen (secondary N) is 2. The zero-order valence-electron chi connectivity index (χ0n) is 12.4. The first-order chi connectivity index (χ1) is 11.1. The van der Waals surface area contributed by atoms with Crippen LogP contribution in [0.2, 0.25) is 0 Å². The predicted molar refractivity (Wildman–Crippen MR) is 85.5 cm³/mol. The second-order valence-corrected chi connectivity index (χ2v) is 6.70. The van der Waals surface area contributed by atoms with Crippen LogP contribution in [0.25, 0.3) is 0 Å². The number of benzene rings is 1. The van der Waals surface area contributed by atoms with Crippen LogP contribution in [0.15, 0.2) is 24.4 Å². The lowest BCUT2D eigenvalue weighted by Crippen LogP contribution is -2.37. The van der Waals surface area contributed by atoms with Crippen LogP contribution in [0, 0.1) is 17.6 Å². The van der Waals surface area contributed by atoms with E-state index in [4.69, 9.17) is 0 Å². The maximum absolute atomic E-state index is 13.2. The minimum absolute atomic E-state index is 0.0223. The lowest BCUT2D eigenvalue weighted by Gasteiger charge is -2.21. The summed E-state index contributed by atoms with van der Waals surface area (Å²) >= 11 is 1.35. The average molecular weight is 337 g/mol. The highest BCUT2D eigenvalue weighted by Crippen LogP contribution is 2.23. The molecule has 1 amide bonds. The van der Waals surface area contributed by atoms with Gasteiger partial charge in [-0.1, -0.05) is 6.07 Å². The highest BCUT2D eigenvalue weighted by atomic mass is 32.1. The fourth-order valence-electron chi connectivity index (χ4n) is 2.58.